The Morgan fingerprint density at radius 2 is 1.83 bits per heavy atom. The van der Waals surface area contributed by atoms with Crippen molar-refractivity contribution in [1.29, 1.82) is 0 Å². The van der Waals surface area contributed by atoms with Gasteiger partial charge in [-0.25, -0.2) is 4.39 Å². The average Bonchev–Trinajstić information content (AvgIpc) is 3.08. The standard InChI is InChI=1S/C17H14FN3O2S/c18-14-9-5-4-8-13(14)16-20-21-17(23-16)24-11-15(22)19-10-12-6-2-1-3-7-12/h1-9H,10-11H2,(H,19,22). The highest BCUT2D eigenvalue weighted by atomic mass is 32.2. The maximum atomic E-state index is 13.7. The van der Waals surface area contributed by atoms with Crippen molar-refractivity contribution in [2.75, 3.05) is 5.75 Å². The number of hydrogen-bond acceptors (Lipinski definition) is 5. The number of hydrogen-bond donors (Lipinski definition) is 1. The molecule has 0 spiro atoms. The highest BCUT2D eigenvalue weighted by Gasteiger charge is 2.13. The van der Waals surface area contributed by atoms with Gasteiger partial charge in [-0.1, -0.05) is 54.2 Å². The van der Waals surface area contributed by atoms with Gasteiger partial charge in [0.25, 0.3) is 11.1 Å². The van der Waals surface area contributed by atoms with Crippen LogP contribution in [0.4, 0.5) is 4.39 Å². The number of benzene rings is 2. The first kappa shape index (κ1) is 16.2. The van der Waals surface area contributed by atoms with Crippen molar-refractivity contribution in [2.45, 2.75) is 11.8 Å². The van der Waals surface area contributed by atoms with Crippen LogP contribution >= 0.6 is 11.8 Å². The minimum Gasteiger partial charge on any atom is -0.411 e. The number of carbonyl (C=O) groups excluding carboxylic acids is 1. The second kappa shape index (κ2) is 7.74. The molecule has 0 saturated heterocycles. The summed E-state index contributed by atoms with van der Waals surface area (Å²) in [6, 6.07) is 15.8. The minimum absolute atomic E-state index is 0.0975. The van der Waals surface area contributed by atoms with Gasteiger partial charge in [0.15, 0.2) is 0 Å². The number of aromatic nitrogens is 2. The van der Waals surface area contributed by atoms with Gasteiger partial charge in [0.2, 0.25) is 5.91 Å². The van der Waals surface area contributed by atoms with Crippen molar-refractivity contribution < 1.29 is 13.6 Å². The Kier molecular flexibility index (Phi) is 5.22. The molecule has 0 fully saturated rings. The first-order valence-electron chi connectivity index (χ1n) is 7.24. The number of nitrogens with zero attached hydrogens (tertiary/aromatic N) is 2. The Bertz CT molecular complexity index is 823. The fraction of sp³-hybridized carbons (Fsp3) is 0.118. The first-order valence-corrected chi connectivity index (χ1v) is 8.23. The maximum absolute atomic E-state index is 13.7. The smallest absolute Gasteiger partial charge is 0.277 e. The van der Waals surface area contributed by atoms with Gasteiger partial charge in [0.05, 0.1) is 11.3 Å². The van der Waals surface area contributed by atoms with Crippen molar-refractivity contribution >= 4 is 17.7 Å². The van der Waals surface area contributed by atoms with Crippen LogP contribution in [0.5, 0.6) is 0 Å². The van der Waals surface area contributed by atoms with Gasteiger partial charge in [-0.05, 0) is 17.7 Å². The summed E-state index contributed by atoms with van der Waals surface area (Å²) in [7, 11) is 0. The summed E-state index contributed by atoms with van der Waals surface area (Å²) in [6.07, 6.45) is 0. The lowest BCUT2D eigenvalue weighted by Gasteiger charge is -2.03. The van der Waals surface area contributed by atoms with Gasteiger partial charge in [-0.3, -0.25) is 4.79 Å². The van der Waals surface area contributed by atoms with E-state index in [4.69, 9.17) is 4.42 Å². The fourth-order valence-corrected chi connectivity index (χ4v) is 2.58. The molecule has 2 aromatic carbocycles. The van der Waals surface area contributed by atoms with Gasteiger partial charge in [-0.15, -0.1) is 10.2 Å². The summed E-state index contributed by atoms with van der Waals surface area (Å²) >= 11 is 1.11. The monoisotopic (exact) mass is 343 g/mol. The minimum atomic E-state index is -0.432. The van der Waals surface area contributed by atoms with Gasteiger partial charge >= 0.3 is 0 Å². The molecule has 7 heteroatoms. The Morgan fingerprint density at radius 3 is 2.62 bits per heavy atom. The van der Waals surface area contributed by atoms with E-state index < -0.39 is 5.82 Å². The van der Waals surface area contributed by atoms with Gasteiger partial charge < -0.3 is 9.73 Å². The van der Waals surface area contributed by atoms with Crippen LogP contribution in [0.25, 0.3) is 11.5 Å². The zero-order chi connectivity index (χ0) is 16.8. The zero-order valence-corrected chi connectivity index (χ0v) is 13.4. The lowest BCUT2D eigenvalue weighted by molar-refractivity contribution is -0.118. The van der Waals surface area contributed by atoms with Crippen LogP contribution in [0.15, 0.2) is 64.2 Å². The molecule has 5 nitrogen and oxygen atoms in total. The number of nitrogens with one attached hydrogen (secondary N) is 1. The summed E-state index contributed by atoms with van der Waals surface area (Å²) in [5, 5.41) is 10.7. The van der Waals surface area contributed by atoms with Gasteiger partial charge in [-0.2, -0.15) is 0 Å². The van der Waals surface area contributed by atoms with Crippen molar-refractivity contribution in [3.8, 4) is 11.5 Å². The molecule has 1 amide bonds. The summed E-state index contributed by atoms with van der Waals surface area (Å²) in [5.41, 5.74) is 1.26. The van der Waals surface area contributed by atoms with Crippen molar-refractivity contribution in [3.05, 3.63) is 66.0 Å². The molecule has 0 aliphatic heterocycles. The Morgan fingerprint density at radius 1 is 1.08 bits per heavy atom. The SMILES string of the molecule is O=C(CSc1nnc(-c2ccccc2F)o1)NCc1ccccc1. The predicted molar refractivity (Wildman–Crippen MR) is 88.7 cm³/mol. The average molecular weight is 343 g/mol. The second-order valence-electron chi connectivity index (χ2n) is 4.90. The molecule has 0 bridgehead atoms. The van der Waals surface area contributed by atoms with E-state index in [1.807, 2.05) is 30.3 Å². The van der Waals surface area contributed by atoms with E-state index in [1.54, 1.807) is 18.2 Å². The third-order valence-electron chi connectivity index (χ3n) is 3.17. The third-order valence-corrected chi connectivity index (χ3v) is 3.99. The van der Waals surface area contributed by atoms with Gasteiger partial charge in [0.1, 0.15) is 5.82 Å². The Hall–Kier alpha value is -2.67. The zero-order valence-electron chi connectivity index (χ0n) is 12.6. The predicted octanol–water partition coefficient (Wildman–Crippen LogP) is 3.28. The molecule has 0 unspecified atom stereocenters. The summed E-state index contributed by atoms with van der Waals surface area (Å²) < 4.78 is 19.0. The molecule has 0 saturated carbocycles. The van der Waals surface area contributed by atoms with Crippen LogP contribution in [-0.2, 0) is 11.3 Å². The topological polar surface area (TPSA) is 68.0 Å². The van der Waals surface area contributed by atoms with Crippen molar-refractivity contribution in [3.63, 3.8) is 0 Å². The number of carbonyl (C=O) groups is 1. The van der Waals surface area contributed by atoms with Crippen molar-refractivity contribution in [1.82, 2.24) is 15.5 Å². The van der Waals surface area contributed by atoms with Crippen molar-refractivity contribution in [2.24, 2.45) is 0 Å². The largest absolute Gasteiger partial charge is 0.411 e. The summed E-state index contributed by atoms with van der Waals surface area (Å²) in [4.78, 5) is 11.8. The van der Waals surface area contributed by atoms with E-state index >= 15 is 0 Å². The quantitative estimate of drug-likeness (QED) is 0.696. The van der Waals surface area contributed by atoms with E-state index in [0.717, 1.165) is 17.3 Å². The molecular formula is C17H14FN3O2S. The van der Waals surface area contributed by atoms with Crippen LogP contribution in [0, 0.1) is 5.82 Å². The third kappa shape index (κ3) is 4.20. The van der Waals surface area contributed by atoms with Crippen LogP contribution in [-0.4, -0.2) is 21.9 Å². The highest BCUT2D eigenvalue weighted by Crippen LogP contribution is 2.24. The molecule has 0 atom stereocenters. The molecule has 1 N–H and O–H groups in total. The lowest BCUT2D eigenvalue weighted by atomic mass is 10.2. The molecule has 1 heterocycles. The van der Waals surface area contributed by atoms with Crippen LogP contribution in [0.3, 0.4) is 0 Å². The Labute approximate surface area is 142 Å². The highest BCUT2D eigenvalue weighted by molar-refractivity contribution is 7.99. The normalized spacial score (nSPS) is 10.5. The molecular weight excluding hydrogens is 329 g/mol. The van der Waals surface area contributed by atoms with E-state index in [1.165, 1.54) is 6.07 Å². The van der Waals surface area contributed by atoms with Crippen LogP contribution in [0.2, 0.25) is 0 Å². The number of amides is 1. The lowest BCUT2D eigenvalue weighted by Crippen LogP contribution is -2.24. The fourth-order valence-electron chi connectivity index (χ4n) is 1.99. The van der Waals surface area contributed by atoms with Crippen LogP contribution in [0.1, 0.15) is 5.56 Å². The Balaban J connectivity index is 1.52. The molecule has 0 radical (unpaired) electrons. The molecule has 0 aliphatic rings. The van der Waals surface area contributed by atoms with E-state index in [9.17, 15) is 9.18 Å². The molecule has 1 aromatic heterocycles. The van der Waals surface area contributed by atoms with E-state index in [0.29, 0.717) is 6.54 Å². The first-order chi connectivity index (χ1) is 11.7. The van der Waals surface area contributed by atoms with Gasteiger partial charge in [0, 0.05) is 6.54 Å². The summed E-state index contributed by atoms with van der Waals surface area (Å²) in [6.45, 7) is 0.463. The summed E-state index contributed by atoms with van der Waals surface area (Å²) in [5.74, 6) is -0.334. The van der Waals surface area contributed by atoms with E-state index in [2.05, 4.69) is 15.5 Å². The van der Waals surface area contributed by atoms with E-state index in [-0.39, 0.29) is 28.3 Å². The second-order valence-corrected chi connectivity index (χ2v) is 5.83. The molecule has 122 valence electrons. The number of halogens is 1. The van der Waals surface area contributed by atoms with Crippen LogP contribution < -0.4 is 5.32 Å². The molecule has 24 heavy (non-hydrogen) atoms. The number of rotatable bonds is 6. The maximum Gasteiger partial charge on any atom is 0.277 e. The number of thioether (sulfide) groups is 1. The molecule has 0 aliphatic carbocycles. The molecule has 3 rings (SSSR count). The molecule has 3 aromatic rings.